The molecule has 0 aliphatic heterocycles. The van der Waals surface area contributed by atoms with Crippen LogP contribution in [-0.4, -0.2) is 11.0 Å². The van der Waals surface area contributed by atoms with Crippen molar-refractivity contribution in [2.24, 2.45) is 0 Å². The van der Waals surface area contributed by atoms with Crippen molar-refractivity contribution in [1.29, 1.82) is 0 Å². The van der Waals surface area contributed by atoms with Crippen LogP contribution in [0.15, 0.2) is 40.9 Å². The minimum absolute atomic E-state index is 0.0202. The van der Waals surface area contributed by atoms with Crippen LogP contribution in [0.2, 0.25) is 5.02 Å². The predicted octanol–water partition coefficient (Wildman–Crippen LogP) is 4.37. The predicted molar refractivity (Wildman–Crippen MR) is 79.9 cm³/mol. The second-order valence-corrected chi connectivity index (χ2v) is 5.37. The van der Waals surface area contributed by atoms with Gasteiger partial charge in [-0.05, 0) is 36.8 Å². The van der Waals surface area contributed by atoms with Crippen LogP contribution >= 0.6 is 27.5 Å². The van der Waals surface area contributed by atoms with E-state index in [4.69, 9.17) is 11.6 Å². The molecule has 2 rings (SSSR count). The van der Waals surface area contributed by atoms with Gasteiger partial charge in [-0.3, -0.25) is 4.79 Å². The van der Waals surface area contributed by atoms with Gasteiger partial charge in [0.1, 0.15) is 5.75 Å². The Morgan fingerprint density at radius 2 is 2.05 bits per heavy atom. The molecule has 1 amide bonds. The fourth-order valence-corrected chi connectivity index (χ4v) is 2.34. The highest BCUT2D eigenvalue weighted by Crippen LogP contribution is 2.27. The van der Waals surface area contributed by atoms with Crippen molar-refractivity contribution in [3.05, 3.63) is 57.0 Å². The third-order valence-corrected chi connectivity index (χ3v) is 3.47. The highest BCUT2D eigenvalue weighted by atomic mass is 79.9. The molecule has 0 saturated carbocycles. The number of aryl methyl sites for hydroxylation is 1. The monoisotopic (exact) mass is 339 g/mol. The summed E-state index contributed by atoms with van der Waals surface area (Å²) in [7, 11) is 0. The van der Waals surface area contributed by atoms with Gasteiger partial charge in [0, 0.05) is 4.47 Å². The lowest BCUT2D eigenvalue weighted by atomic mass is 10.1. The Balaban J connectivity index is 2.28. The summed E-state index contributed by atoms with van der Waals surface area (Å²) < 4.78 is 0.828. The maximum absolute atomic E-state index is 12.1. The fraction of sp³-hybridized carbons (Fsp3) is 0.0714. The zero-order valence-corrected chi connectivity index (χ0v) is 12.4. The Hall–Kier alpha value is -1.52. The van der Waals surface area contributed by atoms with Crippen LogP contribution in [0.3, 0.4) is 0 Å². The first kappa shape index (κ1) is 13.9. The highest BCUT2D eigenvalue weighted by molar-refractivity contribution is 9.10. The average molecular weight is 341 g/mol. The maximum Gasteiger partial charge on any atom is 0.259 e. The molecule has 0 saturated heterocycles. The number of carbonyl (C=O) groups excluding carboxylic acids is 1. The molecule has 0 unspecified atom stereocenters. The number of anilines is 1. The van der Waals surface area contributed by atoms with Gasteiger partial charge in [-0.25, -0.2) is 0 Å². The first-order valence-corrected chi connectivity index (χ1v) is 6.71. The number of hydrogen-bond donors (Lipinski definition) is 2. The molecule has 0 fully saturated rings. The van der Waals surface area contributed by atoms with Crippen LogP contribution in [0.4, 0.5) is 5.69 Å². The molecule has 0 aromatic heterocycles. The van der Waals surface area contributed by atoms with Gasteiger partial charge in [0.15, 0.2) is 0 Å². The second kappa shape index (κ2) is 5.63. The number of amides is 1. The summed E-state index contributed by atoms with van der Waals surface area (Å²) >= 11 is 9.32. The van der Waals surface area contributed by atoms with E-state index in [9.17, 15) is 9.90 Å². The zero-order chi connectivity index (χ0) is 14.0. The van der Waals surface area contributed by atoms with Gasteiger partial charge in [0.25, 0.3) is 5.91 Å². The van der Waals surface area contributed by atoms with E-state index < -0.39 is 5.91 Å². The van der Waals surface area contributed by atoms with Gasteiger partial charge < -0.3 is 10.4 Å². The van der Waals surface area contributed by atoms with Crippen LogP contribution in [0, 0.1) is 6.92 Å². The minimum Gasteiger partial charge on any atom is -0.507 e. The lowest BCUT2D eigenvalue weighted by molar-refractivity contribution is 0.102. The minimum atomic E-state index is -0.398. The van der Waals surface area contributed by atoms with Crippen LogP contribution in [0.1, 0.15) is 15.9 Å². The number of carbonyl (C=O) groups is 1. The number of phenolic OH excluding ortho intramolecular Hbond substituents is 1. The van der Waals surface area contributed by atoms with E-state index in [1.165, 1.54) is 0 Å². The van der Waals surface area contributed by atoms with Gasteiger partial charge in [0.2, 0.25) is 0 Å². The smallest absolute Gasteiger partial charge is 0.259 e. The van der Waals surface area contributed by atoms with Gasteiger partial charge in [0.05, 0.1) is 16.3 Å². The van der Waals surface area contributed by atoms with Crippen molar-refractivity contribution >= 4 is 39.1 Å². The van der Waals surface area contributed by atoms with Crippen LogP contribution in [-0.2, 0) is 0 Å². The molecule has 0 radical (unpaired) electrons. The van der Waals surface area contributed by atoms with Crippen molar-refractivity contribution < 1.29 is 9.90 Å². The number of nitrogens with one attached hydrogen (secondary N) is 1. The number of rotatable bonds is 2. The van der Waals surface area contributed by atoms with E-state index in [-0.39, 0.29) is 11.3 Å². The third-order valence-electron chi connectivity index (χ3n) is 2.66. The van der Waals surface area contributed by atoms with E-state index >= 15 is 0 Å². The molecule has 19 heavy (non-hydrogen) atoms. The van der Waals surface area contributed by atoms with Gasteiger partial charge in [-0.15, -0.1) is 0 Å². The Morgan fingerprint density at radius 1 is 1.32 bits per heavy atom. The molecule has 2 aromatic carbocycles. The quantitative estimate of drug-likeness (QED) is 0.853. The van der Waals surface area contributed by atoms with E-state index in [2.05, 4.69) is 21.2 Å². The molecule has 0 atom stereocenters. The fourth-order valence-electron chi connectivity index (χ4n) is 1.62. The Bertz CT molecular complexity index is 643. The number of phenols is 1. The molecule has 0 heterocycles. The normalized spacial score (nSPS) is 10.3. The summed E-state index contributed by atoms with van der Waals surface area (Å²) in [5.74, 6) is -0.418. The molecule has 0 aliphatic carbocycles. The van der Waals surface area contributed by atoms with Crippen LogP contribution in [0.5, 0.6) is 5.75 Å². The number of hydrogen-bond acceptors (Lipinski definition) is 2. The largest absolute Gasteiger partial charge is 0.507 e. The van der Waals surface area contributed by atoms with Gasteiger partial charge in [-0.2, -0.15) is 0 Å². The Kier molecular flexibility index (Phi) is 4.12. The summed E-state index contributed by atoms with van der Waals surface area (Å²) in [6.07, 6.45) is 0. The number of benzene rings is 2. The summed E-state index contributed by atoms with van der Waals surface area (Å²) in [6, 6.07) is 10.2. The van der Waals surface area contributed by atoms with E-state index in [0.29, 0.717) is 16.3 Å². The van der Waals surface area contributed by atoms with E-state index in [1.54, 1.807) is 43.3 Å². The molecule has 98 valence electrons. The SMILES string of the molecule is Cc1cccc(C(=O)Nc2ccc(Br)cc2Cl)c1O. The van der Waals surface area contributed by atoms with E-state index in [0.717, 1.165) is 4.47 Å². The number of halogens is 2. The Morgan fingerprint density at radius 3 is 2.74 bits per heavy atom. The molecule has 2 N–H and O–H groups in total. The standard InChI is InChI=1S/C14H11BrClNO2/c1-8-3-2-4-10(13(8)18)14(19)17-12-6-5-9(15)7-11(12)16/h2-7,18H,1H3,(H,17,19). The molecular weight excluding hydrogens is 330 g/mol. The van der Waals surface area contributed by atoms with Crippen molar-refractivity contribution in [2.75, 3.05) is 5.32 Å². The summed E-state index contributed by atoms with van der Waals surface area (Å²) in [5, 5.41) is 13.0. The summed E-state index contributed by atoms with van der Waals surface area (Å²) in [4.78, 5) is 12.1. The lowest BCUT2D eigenvalue weighted by Gasteiger charge is -2.09. The zero-order valence-electron chi connectivity index (χ0n) is 10.1. The molecule has 0 aliphatic rings. The molecule has 3 nitrogen and oxygen atoms in total. The molecular formula is C14H11BrClNO2. The van der Waals surface area contributed by atoms with Crippen LogP contribution < -0.4 is 5.32 Å². The number of aromatic hydroxyl groups is 1. The Labute approximate surface area is 124 Å². The third kappa shape index (κ3) is 3.08. The summed E-state index contributed by atoms with van der Waals surface area (Å²) in [5.41, 5.74) is 1.37. The van der Waals surface area contributed by atoms with Crippen molar-refractivity contribution in [3.63, 3.8) is 0 Å². The van der Waals surface area contributed by atoms with Gasteiger partial charge in [-0.1, -0.05) is 39.7 Å². The van der Waals surface area contributed by atoms with Crippen molar-refractivity contribution in [2.45, 2.75) is 6.92 Å². The molecule has 0 spiro atoms. The van der Waals surface area contributed by atoms with Crippen LogP contribution in [0.25, 0.3) is 0 Å². The van der Waals surface area contributed by atoms with E-state index in [1.807, 2.05) is 0 Å². The topological polar surface area (TPSA) is 49.3 Å². The molecule has 5 heteroatoms. The molecule has 2 aromatic rings. The number of para-hydroxylation sites is 1. The average Bonchev–Trinajstić information content (AvgIpc) is 2.36. The van der Waals surface area contributed by atoms with Crippen molar-refractivity contribution in [1.82, 2.24) is 0 Å². The summed E-state index contributed by atoms with van der Waals surface area (Å²) in [6.45, 7) is 1.73. The second-order valence-electron chi connectivity index (χ2n) is 4.05. The maximum atomic E-state index is 12.1. The first-order chi connectivity index (χ1) is 8.99. The van der Waals surface area contributed by atoms with Crippen molar-refractivity contribution in [3.8, 4) is 5.75 Å². The molecule has 0 bridgehead atoms. The first-order valence-electron chi connectivity index (χ1n) is 5.54. The highest BCUT2D eigenvalue weighted by Gasteiger charge is 2.13. The van der Waals surface area contributed by atoms with Gasteiger partial charge >= 0.3 is 0 Å². The lowest BCUT2D eigenvalue weighted by Crippen LogP contribution is -2.12.